The molecule has 0 fully saturated rings. The van der Waals surface area contributed by atoms with E-state index < -0.39 is 0 Å². The topological polar surface area (TPSA) is 83.7 Å². The Morgan fingerprint density at radius 2 is 1.82 bits per heavy atom. The van der Waals surface area contributed by atoms with Gasteiger partial charge in [-0.05, 0) is 25.0 Å². The molecule has 0 aliphatic carbocycles. The fraction of sp³-hybridized carbons (Fsp3) is 0.312. The number of nitrogens with one attached hydrogen (secondary N) is 2. The van der Waals surface area contributed by atoms with Gasteiger partial charge in [0, 0.05) is 0 Å². The smallest absolute Gasteiger partial charge is 0.279 e. The Morgan fingerprint density at radius 1 is 1.09 bits per heavy atom. The number of hydrogen-bond donors (Lipinski definition) is 2. The van der Waals surface area contributed by atoms with Gasteiger partial charge in [-0.3, -0.25) is 9.89 Å². The van der Waals surface area contributed by atoms with Crippen LogP contribution in [0.15, 0.2) is 35.1 Å². The fourth-order valence-electron chi connectivity index (χ4n) is 2.30. The van der Waals surface area contributed by atoms with Gasteiger partial charge in [-0.15, -0.1) is 0 Å². The van der Waals surface area contributed by atoms with Crippen molar-refractivity contribution in [1.82, 2.24) is 20.2 Å². The van der Waals surface area contributed by atoms with E-state index >= 15 is 0 Å². The maximum Gasteiger partial charge on any atom is 0.279 e. The summed E-state index contributed by atoms with van der Waals surface area (Å²) in [4.78, 5) is 19.4. The molecule has 22 heavy (non-hydrogen) atoms. The highest BCUT2D eigenvalue weighted by molar-refractivity contribution is 5.76. The molecule has 2 heterocycles. The van der Waals surface area contributed by atoms with Crippen LogP contribution in [0.5, 0.6) is 5.75 Å². The summed E-state index contributed by atoms with van der Waals surface area (Å²) in [5.74, 6) is 1.43. The molecule has 0 bridgehead atoms. The molecule has 2 aromatic heterocycles. The van der Waals surface area contributed by atoms with E-state index in [-0.39, 0.29) is 17.6 Å². The molecule has 0 saturated heterocycles. The molecule has 0 aliphatic heterocycles. The van der Waals surface area contributed by atoms with E-state index in [9.17, 15) is 4.79 Å². The first-order chi connectivity index (χ1) is 10.6. The fourth-order valence-corrected chi connectivity index (χ4v) is 2.30. The Hall–Kier alpha value is -2.63. The second-order valence-electron chi connectivity index (χ2n) is 5.51. The minimum Gasteiger partial charge on any atom is -0.483 e. The molecule has 0 unspecified atom stereocenters. The summed E-state index contributed by atoms with van der Waals surface area (Å²) in [6, 6.07) is 9.45. The number of nitrogens with zero attached hydrogens (tertiary/aromatic N) is 2. The van der Waals surface area contributed by atoms with Gasteiger partial charge < -0.3 is 9.72 Å². The lowest BCUT2D eigenvalue weighted by molar-refractivity contribution is 0.216. The summed E-state index contributed by atoms with van der Waals surface area (Å²) >= 11 is 0. The van der Waals surface area contributed by atoms with E-state index in [0.29, 0.717) is 16.9 Å². The van der Waals surface area contributed by atoms with Gasteiger partial charge in [-0.1, -0.05) is 32.0 Å². The van der Waals surface area contributed by atoms with Gasteiger partial charge in [0.15, 0.2) is 17.4 Å². The molecular formula is C16H18N4O2. The number of aromatic amines is 2. The molecule has 6 nitrogen and oxygen atoms in total. The highest BCUT2D eigenvalue weighted by Crippen LogP contribution is 2.22. The zero-order chi connectivity index (χ0) is 15.7. The summed E-state index contributed by atoms with van der Waals surface area (Å²) in [7, 11) is 0. The standard InChI is InChI=1S/C16H18N4O2/c1-9(2)12-13-14(20-19-12)16(21)18-15(17-13)10(3)22-11-7-5-4-6-8-11/h4-10H,1-3H3,(H,19,20)(H,17,18,21)/t10-/m1/s1. The minimum absolute atomic E-state index is 0.206. The zero-order valence-electron chi connectivity index (χ0n) is 12.8. The van der Waals surface area contributed by atoms with Crippen LogP contribution in [0.25, 0.3) is 11.0 Å². The first kappa shape index (κ1) is 14.3. The highest BCUT2D eigenvalue weighted by atomic mass is 16.5. The van der Waals surface area contributed by atoms with Crippen LogP contribution in [-0.2, 0) is 0 Å². The molecule has 3 aromatic rings. The zero-order valence-corrected chi connectivity index (χ0v) is 12.8. The summed E-state index contributed by atoms with van der Waals surface area (Å²) < 4.78 is 5.82. The quantitative estimate of drug-likeness (QED) is 0.775. The van der Waals surface area contributed by atoms with E-state index in [1.165, 1.54) is 0 Å². The largest absolute Gasteiger partial charge is 0.483 e. The van der Waals surface area contributed by atoms with Crippen molar-refractivity contribution in [2.75, 3.05) is 0 Å². The van der Waals surface area contributed by atoms with Crippen LogP contribution in [0, 0.1) is 0 Å². The van der Waals surface area contributed by atoms with Crippen LogP contribution in [0.4, 0.5) is 0 Å². The monoisotopic (exact) mass is 298 g/mol. The highest BCUT2D eigenvalue weighted by Gasteiger charge is 2.17. The van der Waals surface area contributed by atoms with Gasteiger partial charge in [0.25, 0.3) is 5.56 Å². The molecule has 0 amide bonds. The van der Waals surface area contributed by atoms with Gasteiger partial charge in [0.2, 0.25) is 0 Å². The molecule has 2 N–H and O–H groups in total. The Balaban J connectivity index is 2.00. The molecule has 6 heteroatoms. The minimum atomic E-state index is -0.366. The average molecular weight is 298 g/mol. The summed E-state index contributed by atoms with van der Waals surface area (Å²) in [6.07, 6.45) is -0.366. The predicted molar refractivity (Wildman–Crippen MR) is 84.1 cm³/mol. The number of hydrogen-bond acceptors (Lipinski definition) is 4. The molecular weight excluding hydrogens is 280 g/mol. The van der Waals surface area contributed by atoms with Crippen molar-refractivity contribution in [3.05, 3.63) is 52.2 Å². The molecule has 1 atom stereocenters. The van der Waals surface area contributed by atoms with E-state index in [1.54, 1.807) is 0 Å². The lowest BCUT2D eigenvalue weighted by Crippen LogP contribution is -2.16. The average Bonchev–Trinajstić information content (AvgIpc) is 2.93. The number of para-hydroxylation sites is 1. The van der Waals surface area contributed by atoms with Gasteiger partial charge in [-0.2, -0.15) is 5.10 Å². The third-order valence-electron chi connectivity index (χ3n) is 3.47. The van der Waals surface area contributed by atoms with E-state index in [2.05, 4.69) is 20.2 Å². The number of fused-ring (bicyclic) bond motifs is 1. The number of aromatic nitrogens is 4. The SMILES string of the molecule is CC(C)c1[nH]nc2c(=O)[nH]c([C@@H](C)Oc3ccccc3)nc12. The first-order valence-electron chi connectivity index (χ1n) is 7.26. The summed E-state index contributed by atoms with van der Waals surface area (Å²) in [5, 5.41) is 6.95. The van der Waals surface area contributed by atoms with Crippen molar-refractivity contribution in [3.8, 4) is 5.75 Å². The third kappa shape index (κ3) is 2.59. The molecule has 1 aromatic carbocycles. The Kier molecular flexibility index (Phi) is 3.66. The second-order valence-corrected chi connectivity index (χ2v) is 5.51. The lowest BCUT2D eigenvalue weighted by Gasteiger charge is -2.14. The molecule has 3 rings (SSSR count). The van der Waals surface area contributed by atoms with Gasteiger partial charge in [0.05, 0.1) is 5.69 Å². The van der Waals surface area contributed by atoms with Crippen molar-refractivity contribution < 1.29 is 4.74 Å². The molecule has 0 aliphatic rings. The van der Waals surface area contributed by atoms with Crippen LogP contribution >= 0.6 is 0 Å². The Labute approximate surface area is 127 Å². The van der Waals surface area contributed by atoms with Gasteiger partial charge in [-0.25, -0.2) is 4.98 Å². The van der Waals surface area contributed by atoms with Crippen molar-refractivity contribution in [1.29, 1.82) is 0 Å². The van der Waals surface area contributed by atoms with Gasteiger partial charge in [0.1, 0.15) is 11.3 Å². The maximum atomic E-state index is 12.2. The number of H-pyrrole nitrogens is 2. The van der Waals surface area contributed by atoms with E-state index in [4.69, 9.17) is 4.74 Å². The van der Waals surface area contributed by atoms with Crippen LogP contribution in [0.2, 0.25) is 0 Å². The second kappa shape index (κ2) is 5.63. The molecule has 0 saturated carbocycles. The van der Waals surface area contributed by atoms with Crippen molar-refractivity contribution >= 4 is 11.0 Å². The van der Waals surface area contributed by atoms with Crippen molar-refractivity contribution in [2.24, 2.45) is 0 Å². The number of ether oxygens (including phenoxy) is 1. The first-order valence-corrected chi connectivity index (χ1v) is 7.26. The van der Waals surface area contributed by atoms with Crippen molar-refractivity contribution in [2.45, 2.75) is 32.8 Å². The van der Waals surface area contributed by atoms with E-state index in [0.717, 1.165) is 11.4 Å². The van der Waals surface area contributed by atoms with Crippen LogP contribution in [-0.4, -0.2) is 20.2 Å². The third-order valence-corrected chi connectivity index (χ3v) is 3.47. The van der Waals surface area contributed by atoms with E-state index in [1.807, 2.05) is 51.1 Å². The predicted octanol–water partition coefficient (Wildman–Crippen LogP) is 2.91. The molecule has 114 valence electrons. The van der Waals surface area contributed by atoms with Crippen LogP contribution in [0.3, 0.4) is 0 Å². The van der Waals surface area contributed by atoms with Gasteiger partial charge >= 0.3 is 0 Å². The lowest BCUT2D eigenvalue weighted by atomic mass is 10.1. The van der Waals surface area contributed by atoms with Crippen molar-refractivity contribution in [3.63, 3.8) is 0 Å². The number of rotatable bonds is 4. The Morgan fingerprint density at radius 3 is 2.50 bits per heavy atom. The molecule has 0 radical (unpaired) electrons. The maximum absolute atomic E-state index is 12.2. The van der Waals surface area contributed by atoms with Crippen LogP contribution in [0.1, 0.15) is 44.3 Å². The summed E-state index contributed by atoms with van der Waals surface area (Å²) in [5.41, 5.74) is 1.54. The Bertz CT molecular complexity index is 836. The van der Waals surface area contributed by atoms with Crippen LogP contribution < -0.4 is 10.3 Å². The molecule has 0 spiro atoms. The number of benzene rings is 1. The normalized spacial score (nSPS) is 12.7. The summed E-state index contributed by atoms with van der Waals surface area (Å²) in [6.45, 7) is 5.91.